The number of nitrogens with one attached hydrogen (secondary N) is 1. The summed E-state index contributed by atoms with van der Waals surface area (Å²) in [6.45, 7) is 4.01. The Morgan fingerprint density at radius 3 is 2.82 bits per heavy atom. The number of ether oxygens (including phenoxy) is 1. The lowest BCUT2D eigenvalue weighted by Gasteiger charge is -2.11. The van der Waals surface area contributed by atoms with Crippen LogP contribution in [0.25, 0.3) is 0 Å². The first-order valence-corrected chi connectivity index (χ1v) is 3.74. The van der Waals surface area contributed by atoms with Crippen LogP contribution in [0.1, 0.15) is 20.3 Å². The second-order valence-corrected chi connectivity index (χ2v) is 2.28. The Labute approximate surface area is 66.5 Å². The average Bonchev–Trinajstić information content (AvgIpc) is 1.87. The largest absolute Gasteiger partial charge is 0.450 e. The SMILES string of the molecule is CCOC(=O)N[C@H](C)CCO. The van der Waals surface area contributed by atoms with E-state index < -0.39 is 6.09 Å². The predicted octanol–water partition coefficient (Wildman–Crippen LogP) is 0.503. The highest BCUT2D eigenvalue weighted by molar-refractivity contribution is 5.67. The Morgan fingerprint density at radius 1 is 1.73 bits per heavy atom. The maximum absolute atomic E-state index is 10.7. The van der Waals surface area contributed by atoms with Gasteiger partial charge in [0.15, 0.2) is 0 Å². The number of aliphatic hydroxyl groups is 1. The highest BCUT2D eigenvalue weighted by Gasteiger charge is 2.05. The molecule has 0 aliphatic rings. The first kappa shape index (κ1) is 10.2. The third-order valence-corrected chi connectivity index (χ3v) is 1.20. The summed E-state index contributed by atoms with van der Waals surface area (Å²) in [6.07, 6.45) is 0.132. The number of rotatable bonds is 4. The minimum absolute atomic E-state index is 0.0287. The van der Waals surface area contributed by atoms with Crippen molar-refractivity contribution < 1.29 is 14.6 Å². The fourth-order valence-corrected chi connectivity index (χ4v) is 0.640. The second kappa shape index (κ2) is 5.97. The smallest absolute Gasteiger partial charge is 0.407 e. The Balaban J connectivity index is 3.40. The van der Waals surface area contributed by atoms with Gasteiger partial charge in [0.25, 0.3) is 0 Å². The van der Waals surface area contributed by atoms with E-state index in [1.165, 1.54) is 0 Å². The van der Waals surface area contributed by atoms with Crippen LogP contribution in [0.15, 0.2) is 0 Å². The van der Waals surface area contributed by atoms with E-state index in [1.54, 1.807) is 6.92 Å². The molecule has 0 aromatic carbocycles. The van der Waals surface area contributed by atoms with Gasteiger partial charge in [-0.15, -0.1) is 0 Å². The third kappa shape index (κ3) is 5.66. The quantitative estimate of drug-likeness (QED) is 0.631. The van der Waals surface area contributed by atoms with Gasteiger partial charge in [0.2, 0.25) is 0 Å². The topological polar surface area (TPSA) is 58.6 Å². The highest BCUT2D eigenvalue weighted by atomic mass is 16.5. The van der Waals surface area contributed by atoms with E-state index in [0.29, 0.717) is 13.0 Å². The van der Waals surface area contributed by atoms with Crippen molar-refractivity contribution in [3.63, 3.8) is 0 Å². The predicted molar refractivity (Wildman–Crippen MR) is 41.3 cm³/mol. The summed E-state index contributed by atoms with van der Waals surface area (Å²) in [5, 5.41) is 11.0. The Kier molecular flexibility index (Phi) is 5.56. The minimum atomic E-state index is -0.423. The van der Waals surface area contributed by atoms with E-state index in [-0.39, 0.29) is 12.6 Å². The fourth-order valence-electron chi connectivity index (χ4n) is 0.640. The monoisotopic (exact) mass is 161 g/mol. The first-order chi connectivity index (χ1) is 5.20. The Bertz CT molecular complexity index is 116. The Morgan fingerprint density at radius 2 is 2.36 bits per heavy atom. The molecule has 1 amide bonds. The zero-order chi connectivity index (χ0) is 8.69. The van der Waals surface area contributed by atoms with Crippen LogP contribution in [0.4, 0.5) is 4.79 Å². The number of hydrogen-bond donors (Lipinski definition) is 2. The van der Waals surface area contributed by atoms with Crippen molar-refractivity contribution in [3.05, 3.63) is 0 Å². The first-order valence-electron chi connectivity index (χ1n) is 3.74. The molecule has 0 aromatic rings. The summed E-state index contributed by atoms with van der Waals surface area (Å²) in [6, 6.07) is -0.0287. The van der Waals surface area contributed by atoms with Crippen molar-refractivity contribution in [1.82, 2.24) is 5.32 Å². The van der Waals surface area contributed by atoms with Gasteiger partial charge < -0.3 is 15.2 Å². The van der Waals surface area contributed by atoms with Crippen molar-refractivity contribution >= 4 is 6.09 Å². The van der Waals surface area contributed by atoms with Crippen LogP contribution in [0.2, 0.25) is 0 Å². The molecule has 4 heteroatoms. The lowest BCUT2D eigenvalue weighted by Crippen LogP contribution is -2.33. The van der Waals surface area contributed by atoms with E-state index in [9.17, 15) is 4.79 Å². The molecule has 0 rings (SSSR count). The van der Waals surface area contributed by atoms with Crippen molar-refractivity contribution in [3.8, 4) is 0 Å². The number of aliphatic hydroxyl groups excluding tert-OH is 1. The van der Waals surface area contributed by atoms with Crippen molar-refractivity contribution in [2.24, 2.45) is 0 Å². The lowest BCUT2D eigenvalue weighted by atomic mass is 10.2. The molecular formula is C7H15NO3. The van der Waals surface area contributed by atoms with E-state index in [1.807, 2.05) is 6.92 Å². The minimum Gasteiger partial charge on any atom is -0.450 e. The van der Waals surface area contributed by atoms with Gasteiger partial charge in [-0.3, -0.25) is 0 Å². The Hall–Kier alpha value is -0.770. The van der Waals surface area contributed by atoms with Gasteiger partial charge in [-0.2, -0.15) is 0 Å². The number of carbonyl (C=O) groups excluding carboxylic acids is 1. The van der Waals surface area contributed by atoms with Gasteiger partial charge in [-0.25, -0.2) is 4.79 Å². The average molecular weight is 161 g/mol. The fraction of sp³-hybridized carbons (Fsp3) is 0.857. The van der Waals surface area contributed by atoms with Gasteiger partial charge in [-0.05, 0) is 20.3 Å². The molecule has 0 saturated carbocycles. The number of amides is 1. The summed E-state index contributed by atoms with van der Waals surface area (Å²) in [4.78, 5) is 10.7. The number of hydrogen-bond acceptors (Lipinski definition) is 3. The van der Waals surface area contributed by atoms with E-state index in [4.69, 9.17) is 5.11 Å². The number of carbonyl (C=O) groups is 1. The molecule has 1 atom stereocenters. The zero-order valence-corrected chi connectivity index (χ0v) is 6.96. The molecule has 4 nitrogen and oxygen atoms in total. The molecule has 0 heterocycles. The van der Waals surface area contributed by atoms with E-state index in [2.05, 4.69) is 10.1 Å². The maximum Gasteiger partial charge on any atom is 0.407 e. The van der Waals surface area contributed by atoms with Crippen LogP contribution in [0, 0.1) is 0 Å². The molecule has 0 spiro atoms. The summed E-state index contributed by atoms with van der Waals surface area (Å²) >= 11 is 0. The molecule has 11 heavy (non-hydrogen) atoms. The van der Waals surface area contributed by atoms with Gasteiger partial charge >= 0.3 is 6.09 Å². The standard InChI is InChI=1S/C7H15NO3/c1-3-11-7(10)8-6(2)4-5-9/h6,9H,3-5H2,1-2H3,(H,8,10)/t6-/m1/s1. The van der Waals surface area contributed by atoms with Gasteiger partial charge in [0, 0.05) is 12.6 Å². The molecular weight excluding hydrogens is 146 g/mol. The van der Waals surface area contributed by atoms with Gasteiger partial charge in [0.05, 0.1) is 6.61 Å². The van der Waals surface area contributed by atoms with Gasteiger partial charge in [0.1, 0.15) is 0 Å². The van der Waals surface area contributed by atoms with Crippen LogP contribution in [0.5, 0.6) is 0 Å². The summed E-state index contributed by atoms with van der Waals surface area (Å²) in [5.74, 6) is 0. The highest BCUT2D eigenvalue weighted by Crippen LogP contribution is 1.89. The van der Waals surface area contributed by atoms with Gasteiger partial charge in [-0.1, -0.05) is 0 Å². The van der Waals surface area contributed by atoms with Crippen molar-refractivity contribution in [2.45, 2.75) is 26.3 Å². The van der Waals surface area contributed by atoms with Crippen LogP contribution in [-0.4, -0.2) is 30.5 Å². The molecule has 0 saturated heterocycles. The zero-order valence-electron chi connectivity index (χ0n) is 6.96. The molecule has 0 radical (unpaired) electrons. The second-order valence-electron chi connectivity index (χ2n) is 2.28. The van der Waals surface area contributed by atoms with E-state index >= 15 is 0 Å². The van der Waals surface area contributed by atoms with Crippen LogP contribution in [0.3, 0.4) is 0 Å². The van der Waals surface area contributed by atoms with Crippen molar-refractivity contribution in [1.29, 1.82) is 0 Å². The van der Waals surface area contributed by atoms with Crippen LogP contribution < -0.4 is 5.32 Å². The molecule has 0 fully saturated rings. The molecule has 0 bridgehead atoms. The molecule has 0 aliphatic heterocycles. The summed E-state index contributed by atoms with van der Waals surface area (Å²) in [7, 11) is 0. The third-order valence-electron chi connectivity index (χ3n) is 1.20. The molecule has 66 valence electrons. The lowest BCUT2D eigenvalue weighted by molar-refractivity contribution is 0.146. The van der Waals surface area contributed by atoms with Crippen molar-refractivity contribution in [2.75, 3.05) is 13.2 Å². The van der Waals surface area contributed by atoms with Crippen LogP contribution >= 0.6 is 0 Å². The van der Waals surface area contributed by atoms with Crippen LogP contribution in [-0.2, 0) is 4.74 Å². The maximum atomic E-state index is 10.7. The normalized spacial score (nSPS) is 12.3. The molecule has 0 aromatic heterocycles. The molecule has 0 aliphatic carbocycles. The summed E-state index contributed by atoms with van der Waals surface area (Å²) < 4.78 is 4.63. The molecule has 0 unspecified atom stereocenters. The number of alkyl carbamates (subject to hydrolysis) is 1. The summed E-state index contributed by atoms with van der Waals surface area (Å²) in [5.41, 5.74) is 0. The molecule has 2 N–H and O–H groups in total. The van der Waals surface area contributed by atoms with E-state index in [0.717, 1.165) is 0 Å².